The van der Waals surface area contributed by atoms with Crippen LogP contribution in [0.4, 0.5) is 26.3 Å². The topological polar surface area (TPSA) is 70.5 Å². The lowest BCUT2D eigenvalue weighted by molar-refractivity contribution is -0.227. The van der Waals surface area contributed by atoms with Crippen LogP contribution in [0.25, 0.3) is 0 Å². The van der Waals surface area contributed by atoms with E-state index in [2.05, 4.69) is 4.98 Å². The number of alkyl halides is 6. The maximum absolute atomic E-state index is 13.0. The van der Waals surface area contributed by atoms with Gasteiger partial charge in [-0.15, -0.1) is 0 Å². The zero-order valence-corrected chi connectivity index (χ0v) is 11.8. The summed E-state index contributed by atoms with van der Waals surface area (Å²) >= 11 is 0. The average molecular weight is 356 g/mol. The summed E-state index contributed by atoms with van der Waals surface area (Å²) in [7, 11) is 0. The van der Waals surface area contributed by atoms with Gasteiger partial charge in [0, 0.05) is 19.3 Å². The van der Waals surface area contributed by atoms with Crippen molar-refractivity contribution in [3.05, 3.63) is 29.6 Å². The van der Waals surface area contributed by atoms with Crippen LogP contribution in [0.15, 0.2) is 18.3 Å². The number of carboxylic acids is 1. The standard InChI is InChI=1S/C13H10F6N2O3/c14-12(15,16)8-2-1-7(5-20-8)9(22)21-4-3-11(6-21,10(23)24)13(17,18)19/h1-2,5H,3-4,6H2,(H,23,24). The second-order valence-electron chi connectivity index (χ2n) is 5.29. The van der Waals surface area contributed by atoms with Crippen LogP contribution >= 0.6 is 0 Å². The number of halogens is 6. The first-order chi connectivity index (χ1) is 10.9. The van der Waals surface area contributed by atoms with Crippen LogP contribution in [-0.4, -0.2) is 46.1 Å². The van der Waals surface area contributed by atoms with E-state index in [9.17, 15) is 35.9 Å². The summed E-state index contributed by atoms with van der Waals surface area (Å²) in [6.07, 6.45) is -10.0. The van der Waals surface area contributed by atoms with Crippen molar-refractivity contribution in [1.29, 1.82) is 0 Å². The first kappa shape index (κ1) is 18.0. The number of likely N-dealkylation sites (tertiary alicyclic amines) is 1. The number of aliphatic carboxylic acids is 1. The molecule has 1 aliphatic rings. The highest BCUT2D eigenvalue weighted by atomic mass is 19.4. The van der Waals surface area contributed by atoms with Gasteiger partial charge < -0.3 is 10.0 Å². The van der Waals surface area contributed by atoms with Crippen LogP contribution < -0.4 is 0 Å². The van der Waals surface area contributed by atoms with Crippen LogP contribution in [0, 0.1) is 5.41 Å². The van der Waals surface area contributed by atoms with Crippen molar-refractivity contribution in [2.75, 3.05) is 13.1 Å². The summed E-state index contributed by atoms with van der Waals surface area (Å²) < 4.78 is 76.3. The quantitative estimate of drug-likeness (QED) is 0.827. The van der Waals surface area contributed by atoms with Gasteiger partial charge in [-0.05, 0) is 18.6 Å². The molecule has 0 spiro atoms. The fourth-order valence-electron chi connectivity index (χ4n) is 2.38. The van der Waals surface area contributed by atoms with Gasteiger partial charge in [0.05, 0.1) is 5.56 Å². The number of amides is 1. The van der Waals surface area contributed by atoms with E-state index in [4.69, 9.17) is 5.11 Å². The first-order valence-electron chi connectivity index (χ1n) is 6.51. The fourth-order valence-corrected chi connectivity index (χ4v) is 2.38. The third kappa shape index (κ3) is 3.02. The van der Waals surface area contributed by atoms with E-state index in [1.54, 1.807) is 0 Å². The lowest BCUT2D eigenvalue weighted by Crippen LogP contribution is -2.47. The van der Waals surface area contributed by atoms with Crippen LogP contribution in [0.3, 0.4) is 0 Å². The third-order valence-corrected chi connectivity index (χ3v) is 3.81. The molecule has 1 fully saturated rings. The fraction of sp³-hybridized carbons (Fsp3) is 0.462. The maximum atomic E-state index is 13.0. The number of hydrogen-bond donors (Lipinski definition) is 1. The van der Waals surface area contributed by atoms with E-state index in [0.29, 0.717) is 17.2 Å². The summed E-state index contributed by atoms with van der Waals surface area (Å²) in [5, 5.41) is 8.90. The molecule has 0 saturated carbocycles. The minimum Gasteiger partial charge on any atom is -0.481 e. The van der Waals surface area contributed by atoms with Crippen molar-refractivity contribution >= 4 is 11.9 Å². The van der Waals surface area contributed by atoms with Crippen LogP contribution in [0.5, 0.6) is 0 Å². The monoisotopic (exact) mass is 356 g/mol. The SMILES string of the molecule is O=C(c1ccc(C(F)(F)F)nc1)N1CCC(C(=O)O)(C(F)(F)F)C1. The molecule has 24 heavy (non-hydrogen) atoms. The van der Waals surface area contributed by atoms with E-state index < -0.39 is 54.8 Å². The molecule has 1 aromatic heterocycles. The molecule has 1 aliphatic heterocycles. The van der Waals surface area contributed by atoms with Crippen molar-refractivity contribution in [1.82, 2.24) is 9.88 Å². The number of carbonyl (C=O) groups excluding carboxylic acids is 1. The lowest BCUT2D eigenvalue weighted by atomic mass is 9.86. The Morgan fingerprint density at radius 2 is 1.79 bits per heavy atom. The predicted molar refractivity (Wildman–Crippen MR) is 65.9 cm³/mol. The number of nitrogens with zero attached hydrogens (tertiary/aromatic N) is 2. The molecule has 132 valence electrons. The molecule has 1 N–H and O–H groups in total. The number of aromatic nitrogens is 1. The molecule has 0 bridgehead atoms. The van der Waals surface area contributed by atoms with Gasteiger partial charge in [-0.2, -0.15) is 26.3 Å². The van der Waals surface area contributed by atoms with Crippen molar-refractivity contribution in [3.8, 4) is 0 Å². The average Bonchev–Trinajstić information content (AvgIpc) is 2.92. The second kappa shape index (κ2) is 5.64. The van der Waals surface area contributed by atoms with E-state index in [1.807, 2.05) is 0 Å². The van der Waals surface area contributed by atoms with E-state index in [-0.39, 0.29) is 5.56 Å². The van der Waals surface area contributed by atoms with E-state index in [1.165, 1.54) is 0 Å². The van der Waals surface area contributed by atoms with Crippen molar-refractivity contribution in [2.45, 2.75) is 18.8 Å². The van der Waals surface area contributed by atoms with Gasteiger partial charge in [0.2, 0.25) is 0 Å². The summed E-state index contributed by atoms with van der Waals surface area (Å²) in [4.78, 5) is 26.8. The van der Waals surface area contributed by atoms with Crippen molar-refractivity contribution in [3.63, 3.8) is 0 Å². The van der Waals surface area contributed by atoms with Crippen LogP contribution in [-0.2, 0) is 11.0 Å². The number of carbonyl (C=O) groups is 2. The van der Waals surface area contributed by atoms with E-state index in [0.717, 1.165) is 6.07 Å². The normalized spacial score (nSPS) is 21.8. The Bertz CT molecular complexity index is 655. The maximum Gasteiger partial charge on any atom is 0.433 e. The summed E-state index contributed by atoms with van der Waals surface area (Å²) in [6.45, 7) is -1.59. The molecule has 5 nitrogen and oxygen atoms in total. The van der Waals surface area contributed by atoms with E-state index >= 15 is 0 Å². The van der Waals surface area contributed by atoms with Crippen LogP contribution in [0.1, 0.15) is 22.5 Å². The van der Waals surface area contributed by atoms with Gasteiger partial charge in [0.15, 0.2) is 5.41 Å². The molecule has 1 saturated heterocycles. The molecule has 0 aromatic carbocycles. The smallest absolute Gasteiger partial charge is 0.433 e. The Balaban J connectivity index is 2.22. The minimum absolute atomic E-state index is 0.355. The molecule has 1 unspecified atom stereocenters. The van der Waals surface area contributed by atoms with Crippen molar-refractivity contribution in [2.24, 2.45) is 5.41 Å². The predicted octanol–water partition coefficient (Wildman–Crippen LogP) is 2.58. The number of pyridine rings is 1. The summed E-state index contributed by atoms with van der Waals surface area (Å²) in [6, 6.07) is 1.31. The Labute approximate surface area is 130 Å². The van der Waals surface area contributed by atoms with Crippen molar-refractivity contribution < 1.29 is 41.0 Å². The molecule has 1 amide bonds. The molecule has 2 heterocycles. The summed E-state index contributed by atoms with van der Waals surface area (Å²) in [5.41, 5.74) is -4.69. The second-order valence-corrected chi connectivity index (χ2v) is 5.29. The molecule has 1 aromatic rings. The molecule has 11 heteroatoms. The summed E-state index contributed by atoms with van der Waals surface area (Å²) in [5.74, 6) is -3.11. The van der Waals surface area contributed by atoms with Gasteiger partial charge in [-0.1, -0.05) is 0 Å². The zero-order valence-electron chi connectivity index (χ0n) is 11.8. The Morgan fingerprint density at radius 3 is 2.17 bits per heavy atom. The van der Waals surface area contributed by atoms with Gasteiger partial charge in [0.1, 0.15) is 5.69 Å². The highest BCUT2D eigenvalue weighted by Crippen LogP contribution is 2.46. The number of carboxylic acid groups (broad SMARTS) is 1. The lowest BCUT2D eigenvalue weighted by Gasteiger charge is -2.27. The van der Waals surface area contributed by atoms with Gasteiger partial charge in [-0.3, -0.25) is 14.6 Å². The van der Waals surface area contributed by atoms with Gasteiger partial charge in [0.25, 0.3) is 5.91 Å². The number of rotatable bonds is 2. The molecular formula is C13H10F6N2O3. The Morgan fingerprint density at radius 1 is 1.17 bits per heavy atom. The first-order valence-corrected chi connectivity index (χ1v) is 6.51. The van der Waals surface area contributed by atoms with Crippen LogP contribution in [0.2, 0.25) is 0 Å². The largest absolute Gasteiger partial charge is 0.481 e. The highest BCUT2D eigenvalue weighted by molar-refractivity contribution is 5.94. The molecule has 1 atom stereocenters. The third-order valence-electron chi connectivity index (χ3n) is 3.81. The molecular weight excluding hydrogens is 346 g/mol. The highest BCUT2D eigenvalue weighted by Gasteiger charge is 2.64. The Kier molecular flexibility index (Phi) is 4.23. The molecule has 0 radical (unpaired) electrons. The molecule has 0 aliphatic carbocycles. The number of hydrogen-bond acceptors (Lipinski definition) is 3. The molecule has 2 rings (SSSR count). The van der Waals surface area contributed by atoms with Gasteiger partial charge in [-0.25, -0.2) is 0 Å². The minimum atomic E-state index is -5.06. The Hall–Kier alpha value is -2.33. The van der Waals surface area contributed by atoms with Gasteiger partial charge >= 0.3 is 18.3 Å². The zero-order chi connectivity index (χ0) is 18.3.